The highest BCUT2D eigenvalue weighted by Gasteiger charge is 2.18. The van der Waals surface area contributed by atoms with Crippen LogP contribution in [-0.4, -0.2) is 52.0 Å². The molecule has 6 heteroatoms. The van der Waals surface area contributed by atoms with Crippen LogP contribution in [0.25, 0.3) is 0 Å². The molecule has 18 heavy (non-hydrogen) atoms. The van der Waals surface area contributed by atoms with Crippen molar-refractivity contribution >= 4 is 29.9 Å². The lowest BCUT2D eigenvalue weighted by Gasteiger charge is -2.27. The van der Waals surface area contributed by atoms with E-state index in [1.807, 2.05) is 0 Å². The number of nitrogens with one attached hydrogen (secondary N) is 2. The van der Waals surface area contributed by atoms with Crippen LogP contribution in [0.1, 0.15) is 19.3 Å². The number of aliphatic imine (C=N–C) groups is 1. The monoisotopic (exact) mass is 369 g/mol. The maximum absolute atomic E-state index is 5.56. The molecule has 5 nitrogen and oxygen atoms in total. The van der Waals surface area contributed by atoms with E-state index in [-0.39, 0.29) is 30.1 Å². The highest BCUT2D eigenvalue weighted by atomic mass is 127. The van der Waals surface area contributed by atoms with E-state index in [2.05, 4.69) is 15.6 Å². The van der Waals surface area contributed by atoms with Crippen LogP contribution in [0.5, 0.6) is 0 Å². The summed E-state index contributed by atoms with van der Waals surface area (Å²) in [5, 5.41) is 6.63. The number of guanidine groups is 1. The summed E-state index contributed by atoms with van der Waals surface area (Å²) in [6, 6.07) is 0. The summed E-state index contributed by atoms with van der Waals surface area (Å²) in [6.45, 7) is 3.87. The summed E-state index contributed by atoms with van der Waals surface area (Å²) < 4.78 is 10.9. The summed E-state index contributed by atoms with van der Waals surface area (Å²) in [4.78, 5) is 4.20. The van der Waals surface area contributed by atoms with Gasteiger partial charge in [0.2, 0.25) is 0 Å². The van der Waals surface area contributed by atoms with Crippen LogP contribution < -0.4 is 10.6 Å². The Kier molecular flexibility index (Phi) is 7.92. The Morgan fingerprint density at radius 1 is 1.22 bits per heavy atom. The number of rotatable bonds is 4. The van der Waals surface area contributed by atoms with Crippen molar-refractivity contribution in [2.24, 2.45) is 10.9 Å². The maximum atomic E-state index is 5.56. The highest BCUT2D eigenvalue weighted by molar-refractivity contribution is 14.0. The third-order valence-corrected chi connectivity index (χ3v) is 3.39. The van der Waals surface area contributed by atoms with Gasteiger partial charge in [-0.1, -0.05) is 6.42 Å². The largest absolute Gasteiger partial charge is 0.376 e. The fourth-order valence-electron chi connectivity index (χ4n) is 2.02. The summed E-state index contributed by atoms with van der Waals surface area (Å²) in [5.41, 5.74) is 0. The zero-order valence-corrected chi connectivity index (χ0v) is 13.3. The molecule has 0 radical (unpaired) electrons. The van der Waals surface area contributed by atoms with Crippen molar-refractivity contribution in [2.75, 3.05) is 40.0 Å². The van der Waals surface area contributed by atoms with Gasteiger partial charge in [-0.2, -0.15) is 0 Å². The average Bonchev–Trinajstić information content (AvgIpc) is 2.32. The van der Waals surface area contributed by atoms with E-state index in [4.69, 9.17) is 9.47 Å². The first-order valence-electron chi connectivity index (χ1n) is 6.52. The van der Waals surface area contributed by atoms with Crippen molar-refractivity contribution in [3.63, 3.8) is 0 Å². The van der Waals surface area contributed by atoms with Gasteiger partial charge in [-0.3, -0.25) is 4.99 Å². The van der Waals surface area contributed by atoms with Crippen LogP contribution in [0, 0.1) is 5.92 Å². The summed E-state index contributed by atoms with van der Waals surface area (Å²) in [7, 11) is 1.80. The standard InChI is InChI=1S/C12H23N3O2.HI/c1-13-12(14-7-10-3-2-4-10)15-8-11-9-16-5-6-17-11;/h10-11H,2-9H2,1H3,(H2,13,14,15);1H. The van der Waals surface area contributed by atoms with E-state index in [0.717, 1.165) is 25.0 Å². The number of nitrogens with zero attached hydrogens (tertiary/aromatic N) is 1. The lowest BCUT2D eigenvalue weighted by molar-refractivity contribution is -0.0850. The van der Waals surface area contributed by atoms with E-state index in [9.17, 15) is 0 Å². The average molecular weight is 369 g/mol. The van der Waals surface area contributed by atoms with Crippen LogP contribution in [0.3, 0.4) is 0 Å². The Hall–Kier alpha value is -0.0800. The molecule has 1 atom stereocenters. The molecule has 106 valence electrons. The first-order valence-corrected chi connectivity index (χ1v) is 6.52. The van der Waals surface area contributed by atoms with Gasteiger partial charge in [-0.05, 0) is 18.8 Å². The van der Waals surface area contributed by atoms with Crippen molar-refractivity contribution in [3.05, 3.63) is 0 Å². The van der Waals surface area contributed by atoms with Gasteiger partial charge < -0.3 is 20.1 Å². The van der Waals surface area contributed by atoms with Gasteiger partial charge in [-0.15, -0.1) is 24.0 Å². The van der Waals surface area contributed by atoms with Crippen molar-refractivity contribution in [2.45, 2.75) is 25.4 Å². The van der Waals surface area contributed by atoms with E-state index < -0.39 is 0 Å². The zero-order chi connectivity index (χ0) is 11.9. The minimum absolute atomic E-state index is 0. The summed E-state index contributed by atoms with van der Waals surface area (Å²) >= 11 is 0. The molecule has 1 aliphatic heterocycles. The molecule has 1 aliphatic carbocycles. The second kappa shape index (κ2) is 8.92. The van der Waals surface area contributed by atoms with Crippen LogP contribution in [-0.2, 0) is 9.47 Å². The second-order valence-corrected chi connectivity index (χ2v) is 4.70. The third-order valence-electron chi connectivity index (χ3n) is 3.39. The molecule has 0 aromatic rings. The predicted molar refractivity (Wildman–Crippen MR) is 82.7 cm³/mol. The van der Waals surface area contributed by atoms with Gasteiger partial charge in [0, 0.05) is 20.1 Å². The smallest absolute Gasteiger partial charge is 0.191 e. The molecule has 0 bridgehead atoms. The molecule has 0 aromatic heterocycles. The maximum Gasteiger partial charge on any atom is 0.191 e. The molecule has 2 fully saturated rings. The molecular formula is C12H24IN3O2. The Balaban J connectivity index is 0.00000162. The van der Waals surface area contributed by atoms with Crippen molar-refractivity contribution in [3.8, 4) is 0 Å². The predicted octanol–water partition coefficient (Wildman–Crippen LogP) is 0.985. The molecule has 1 heterocycles. The van der Waals surface area contributed by atoms with Crippen molar-refractivity contribution in [1.82, 2.24) is 10.6 Å². The van der Waals surface area contributed by atoms with Gasteiger partial charge >= 0.3 is 0 Å². The van der Waals surface area contributed by atoms with E-state index in [1.54, 1.807) is 7.05 Å². The SMILES string of the molecule is CN=C(NCC1CCC1)NCC1COCCO1.I. The molecule has 1 unspecified atom stereocenters. The van der Waals surface area contributed by atoms with Gasteiger partial charge in [0.25, 0.3) is 0 Å². The molecule has 2 aliphatic rings. The third kappa shape index (κ3) is 5.27. The molecule has 0 aromatic carbocycles. The van der Waals surface area contributed by atoms with E-state index in [1.165, 1.54) is 19.3 Å². The summed E-state index contributed by atoms with van der Waals surface area (Å²) in [5.74, 6) is 1.70. The molecular weight excluding hydrogens is 345 g/mol. The molecule has 1 saturated heterocycles. The quantitative estimate of drug-likeness (QED) is 0.441. The number of ether oxygens (including phenoxy) is 2. The van der Waals surface area contributed by atoms with E-state index in [0.29, 0.717) is 19.8 Å². The van der Waals surface area contributed by atoms with Gasteiger partial charge in [0.15, 0.2) is 5.96 Å². The minimum atomic E-state index is 0. The number of hydrogen-bond donors (Lipinski definition) is 2. The topological polar surface area (TPSA) is 54.9 Å². The second-order valence-electron chi connectivity index (χ2n) is 4.70. The lowest BCUT2D eigenvalue weighted by Crippen LogP contribution is -2.46. The van der Waals surface area contributed by atoms with Gasteiger partial charge in [0.1, 0.15) is 0 Å². The fraction of sp³-hybridized carbons (Fsp3) is 0.917. The molecule has 1 saturated carbocycles. The van der Waals surface area contributed by atoms with Gasteiger partial charge in [0.05, 0.1) is 25.9 Å². The Labute approximate surface area is 126 Å². The van der Waals surface area contributed by atoms with Crippen LogP contribution in [0.4, 0.5) is 0 Å². The molecule has 0 spiro atoms. The van der Waals surface area contributed by atoms with Crippen LogP contribution in [0.15, 0.2) is 4.99 Å². The number of halogens is 1. The number of hydrogen-bond acceptors (Lipinski definition) is 3. The molecule has 0 amide bonds. The van der Waals surface area contributed by atoms with Crippen molar-refractivity contribution in [1.29, 1.82) is 0 Å². The van der Waals surface area contributed by atoms with Crippen LogP contribution >= 0.6 is 24.0 Å². The summed E-state index contributed by atoms with van der Waals surface area (Å²) in [6.07, 6.45) is 4.23. The Bertz CT molecular complexity index is 254. The zero-order valence-electron chi connectivity index (χ0n) is 11.0. The van der Waals surface area contributed by atoms with Crippen LogP contribution in [0.2, 0.25) is 0 Å². The molecule has 2 rings (SSSR count). The molecule has 2 N–H and O–H groups in total. The van der Waals surface area contributed by atoms with E-state index >= 15 is 0 Å². The van der Waals surface area contributed by atoms with Crippen molar-refractivity contribution < 1.29 is 9.47 Å². The first kappa shape index (κ1) is 16.0. The lowest BCUT2D eigenvalue weighted by atomic mass is 9.85. The Morgan fingerprint density at radius 2 is 2.00 bits per heavy atom. The van der Waals surface area contributed by atoms with Gasteiger partial charge in [-0.25, -0.2) is 0 Å². The highest BCUT2D eigenvalue weighted by Crippen LogP contribution is 2.24. The normalized spacial score (nSPS) is 24.9. The fourth-order valence-corrected chi connectivity index (χ4v) is 2.02. The Morgan fingerprint density at radius 3 is 2.56 bits per heavy atom. The minimum Gasteiger partial charge on any atom is -0.376 e. The first-order chi connectivity index (χ1) is 8.38.